The molecule has 0 amide bonds. The largest absolute Gasteiger partial charge is 0.493 e. The molecule has 0 saturated heterocycles. The van der Waals surface area contributed by atoms with E-state index in [1.54, 1.807) is 20.3 Å². The van der Waals surface area contributed by atoms with Crippen molar-refractivity contribution in [2.45, 2.75) is 10.3 Å². The van der Waals surface area contributed by atoms with Crippen molar-refractivity contribution >= 4 is 28.4 Å². The van der Waals surface area contributed by atoms with Gasteiger partial charge in [-0.25, -0.2) is 0 Å². The molecule has 0 N–H and O–H groups in total. The van der Waals surface area contributed by atoms with Crippen molar-refractivity contribution in [3.05, 3.63) is 23.3 Å². The maximum Gasteiger partial charge on any atom is 0.176 e. The Labute approximate surface area is 102 Å². The summed E-state index contributed by atoms with van der Waals surface area (Å²) in [5.41, 5.74) is 1.82. The predicted octanol–water partition coefficient (Wildman–Crippen LogP) is 2.25. The average Bonchev–Trinajstić information content (AvgIpc) is 2.53. The highest BCUT2D eigenvalue weighted by Gasteiger charge is 2.29. The summed E-state index contributed by atoms with van der Waals surface area (Å²) < 4.78 is 10.4. The van der Waals surface area contributed by atoms with E-state index in [0.717, 1.165) is 17.5 Å². The summed E-state index contributed by atoms with van der Waals surface area (Å²) in [5, 5.41) is 0. The Morgan fingerprint density at radius 2 is 1.87 bits per heavy atom. The number of halogens is 1. The summed E-state index contributed by atoms with van der Waals surface area (Å²) in [6, 6.07) is 3.67. The van der Waals surface area contributed by atoms with E-state index in [1.165, 1.54) is 0 Å². The van der Waals surface area contributed by atoms with Gasteiger partial charge >= 0.3 is 0 Å². The normalized spacial score (nSPS) is 18.9. The summed E-state index contributed by atoms with van der Waals surface area (Å²) >= 11 is 2.17. The summed E-state index contributed by atoms with van der Waals surface area (Å²) in [6.45, 7) is 0. The number of benzene rings is 1. The fourth-order valence-corrected chi connectivity index (χ4v) is 2.58. The van der Waals surface area contributed by atoms with Crippen molar-refractivity contribution in [3.8, 4) is 11.5 Å². The molecule has 4 heteroatoms. The summed E-state index contributed by atoms with van der Waals surface area (Å²) in [7, 11) is 3.17. The molecule has 0 saturated carbocycles. The third kappa shape index (κ3) is 1.71. The van der Waals surface area contributed by atoms with E-state index in [1.807, 2.05) is 6.07 Å². The molecule has 0 fully saturated rings. The molecule has 2 rings (SSSR count). The Morgan fingerprint density at radius 3 is 2.47 bits per heavy atom. The van der Waals surface area contributed by atoms with Gasteiger partial charge in [-0.15, -0.1) is 0 Å². The van der Waals surface area contributed by atoms with Crippen LogP contribution >= 0.6 is 22.6 Å². The Morgan fingerprint density at radius 1 is 1.27 bits per heavy atom. The number of ketones is 1. The Balaban J connectivity index is 2.53. The zero-order chi connectivity index (χ0) is 11.0. The maximum absolute atomic E-state index is 11.8. The second-order valence-corrected chi connectivity index (χ2v) is 4.90. The van der Waals surface area contributed by atoms with Crippen molar-refractivity contribution in [3.63, 3.8) is 0 Å². The van der Waals surface area contributed by atoms with E-state index in [2.05, 4.69) is 22.6 Å². The Kier molecular flexibility index (Phi) is 2.86. The van der Waals surface area contributed by atoms with E-state index in [4.69, 9.17) is 9.47 Å². The summed E-state index contributed by atoms with van der Waals surface area (Å²) in [4.78, 5) is 11.8. The maximum atomic E-state index is 11.8. The van der Waals surface area contributed by atoms with Gasteiger partial charge in [0.1, 0.15) is 0 Å². The van der Waals surface area contributed by atoms with E-state index in [0.29, 0.717) is 11.5 Å². The minimum atomic E-state index is 0.0504. The third-order valence-corrected chi connectivity index (χ3v) is 3.56. The number of hydrogen-bond donors (Lipinski definition) is 0. The lowest BCUT2D eigenvalue weighted by atomic mass is 10.1. The van der Waals surface area contributed by atoms with Crippen LogP contribution in [0.15, 0.2) is 12.1 Å². The van der Waals surface area contributed by atoms with Crippen LogP contribution in [-0.4, -0.2) is 23.9 Å². The Bertz CT molecular complexity index is 415. The van der Waals surface area contributed by atoms with Gasteiger partial charge in [-0.3, -0.25) is 4.79 Å². The smallest absolute Gasteiger partial charge is 0.176 e. The van der Waals surface area contributed by atoms with Crippen LogP contribution < -0.4 is 9.47 Å². The highest BCUT2D eigenvalue weighted by molar-refractivity contribution is 14.1. The molecule has 1 atom stereocenters. The fraction of sp³-hybridized carbons (Fsp3) is 0.364. The highest BCUT2D eigenvalue weighted by atomic mass is 127. The summed E-state index contributed by atoms with van der Waals surface area (Å²) in [6.07, 6.45) is 0.787. The number of carbonyl (C=O) groups excluding carboxylic acids is 1. The molecule has 15 heavy (non-hydrogen) atoms. The first-order valence-electron chi connectivity index (χ1n) is 4.60. The zero-order valence-corrected chi connectivity index (χ0v) is 10.7. The lowest BCUT2D eigenvalue weighted by Gasteiger charge is -2.09. The van der Waals surface area contributed by atoms with Gasteiger partial charge < -0.3 is 9.47 Å². The fourth-order valence-electron chi connectivity index (χ4n) is 1.77. The molecule has 1 aromatic carbocycles. The van der Waals surface area contributed by atoms with Gasteiger partial charge in [0.2, 0.25) is 0 Å². The van der Waals surface area contributed by atoms with E-state index in [9.17, 15) is 4.79 Å². The van der Waals surface area contributed by atoms with Gasteiger partial charge in [-0.2, -0.15) is 0 Å². The van der Waals surface area contributed by atoms with E-state index < -0.39 is 0 Å². The first kappa shape index (κ1) is 10.7. The van der Waals surface area contributed by atoms with Gasteiger partial charge in [0.05, 0.1) is 18.1 Å². The van der Waals surface area contributed by atoms with Crippen LogP contribution in [0.2, 0.25) is 0 Å². The van der Waals surface area contributed by atoms with Crippen LogP contribution in [0.5, 0.6) is 11.5 Å². The monoisotopic (exact) mass is 318 g/mol. The molecule has 0 unspecified atom stereocenters. The minimum Gasteiger partial charge on any atom is -0.493 e. The lowest BCUT2D eigenvalue weighted by Crippen LogP contribution is -2.05. The lowest BCUT2D eigenvalue weighted by molar-refractivity contribution is 0.100. The molecule has 0 aliphatic heterocycles. The minimum absolute atomic E-state index is 0.0504. The molecule has 1 aliphatic carbocycles. The van der Waals surface area contributed by atoms with Gasteiger partial charge in [-0.05, 0) is 24.1 Å². The number of alkyl halides is 1. The number of rotatable bonds is 2. The molecule has 0 heterocycles. The van der Waals surface area contributed by atoms with E-state index in [-0.39, 0.29) is 9.71 Å². The van der Waals surface area contributed by atoms with Gasteiger partial charge in [0, 0.05) is 5.56 Å². The Hall–Kier alpha value is -0.780. The molecule has 0 spiro atoms. The van der Waals surface area contributed by atoms with Crippen LogP contribution in [-0.2, 0) is 6.42 Å². The number of fused-ring (bicyclic) bond motifs is 1. The van der Waals surface area contributed by atoms with Gasteiger partial charge in [0.15, 0.2) is 17.3 Å². The van der Waals surface area contributed by atoms with Crippen LogP contribution in [0.1, 0.15) is 15.9 Å². The van der Waals surface area contributed by atoms with Crippen molar-refractivity contribution < 1.29 is 14.3 Å². The number of carbonyl (C=O) groups is 1. The highest BCUT2D eigenvalue weighted by Crippen LogP contribution is 2.36. The molecule has 0 bridgehead atoms. The standard InChI is InChI=1S/C11H11IO3/c1-14-9-4-6-3-8(12)11(13)7(6)5-10(9)15-2/h4-5,8H,3H2,1-2H3/t8-/m0/s1. The summed E-state index contributed by atoms with van der Waals surface area (Å²) in [5.74, 6) is 1.50. The molecule has 0 aromatic heterocycles. The van der Waals surface area contributed by atoms with Crippen molar-refractivity contribution in [2.24, 2.45) is 0 Å². The number of methoxy groups -OCH3 is 2. The number of Topliss-reactive ketones (excluding diaryl/α,β-unsaturated/α-hetero) is 1. The molecule has 1 aliphatic rings. The number of ether oxygens (including phenoxy) is 2. The van der Waals surface area contributed by atoms with Gasteiger partial charge in [0.25, 0.3) is 0 Å². The second-order valence-electron chi connectivity index (χ2n) is 3.40. The van der Waals surface area contributed by atoms with Crippen LogP contribution in [0, 0.1) is 0 Å². The molecule has 0 radical (unpaired) electrons. The van der Waals surface area contributed by atoms with Crippen LogP contribution in [0.4, 0.5) is 0 Å². The zero-order valence-electron chi connectivity index (χ0n) is 8.54. The number of hydrogen-bond acceptors (Lipinski definition) is 3. The third-order valence-electron chi connectivity index (χ3n) is 2.56. The average molecular weight is 318 g/mol. The topological polar surface area (TPSA) is 35.5 Å². The SMILES string of the molecule is COc1cc2c(cc1OC)C(=O)[C@@H](I)C2. The van der Waals surface area contributed by atoms with E-state index >= 15 is 0 Å². The molecule has 3 nitrogen and oxygen atoms in total. The van der Waals surface area contributed by atoms with Crippen LogP contribution in [0.25, 0.3) is 0 Å². The molecule has 80 valence electrons. The molecular formula is C11H11IO3. The first-order chi connectivity index (χ1) is 7.17. The predicted molar refractivity (Wildman–Crippen MR) is 65.4 cm³/mol. The van der Waals surface area contributed by atoms with Crippen LogP contribution in [0.3, 0.4) is 0 Å². The first-order valence-corrected chi connectivity index (χ1v) is 5.85. The quantitative estimate of drug-likeness (QED) is 0.620. The second kappa shape index (κ2) is 4.00. The van der Waals surface area contributed by atoms with Gasteiger partial charge in [-0.1, -0.05) is 22.6 Å². The van der Waals surface area contributed by atoms with Crippen molar-refractivity contribution in [2.75, 3.05) is 14.2 Å². The van der Waals surface area contributed by atoms with Crippen molar-refractivity contribution in [1.29, 1.82) is 0 Å². The molecular weight excluding hydrogens is 307 g/mol. The van der Waals surface area contributed by atoms with Crippen molar-refractivity contribution in [1.82, 2.24) is 0 Å². The molecule has 1 aromatic rings.